The van der Waals surface area contributed by atoms with Gasteiger partial charge in [-0.05, 0) is 45.7 Å². The summed E-state index contributed by atoms with van der Waals surface area (Å²) < 4.78 is 16.1. The highest BCUT2D eigenvalue weighted by Gasteiger charge is 2.19. The van der Waals surface area contributed by atoms with Crippen LogP contribution in [0.4, 0.5) is 10.5 Å². The van der Waals surface area contributed by atoms with Gasteiger partial charge in [0.05, 0.1) is 6.54 Å². The number of amides is 3. The molecule has 176 valence electrons. The van der Waals surface area contributed by atoms with Crippen molar-refractivity contribution < 1.29 is 23.5 Å². The molecule has 1 aromatic carbocycles. The van der Waals surface area contributed by atoms with E-state index in [1.807, 2.05) is 45.0 Å². The van der Waals surface area contributed by atoms with E-state index in [1.165, 1.54) is 6.26 Å². The molecule has 0 unspecified atom stereocenters. The maximum absolute atomic E-state index is 12.8. The fourth-order valence-corrected chi connectivity index (χ4v) is 2.86. The first-order valence-corrected chi connectivity index (χ1v) is 11.0. The molecule has 2 aromatic rings. The normalized spacial score (nSPS) is 10.7. The third kappa shape index (κ3) is 9.07. The van der Waals surface area contributed by atoms with Crippen molar-refractivity contribution in [3.05, 3.63) is 47.7 Å². The number of hydrogen-bond donors (Lipinski definition) is 2. The molecule has 0 atom stereocenters. The van der Waals surface area contributed by atoms with Crippen LogP contribution in [0.1, 0.15) is 48.6 Å². The van der Waals surface area contributed by atoms with Crippen molar-refractivity contribution in [1.29, 1.82) is 0 Å². The number of hydrogen-bond acceptors (Lipinski definition) is 6. The van der Waals surface area contributed by atoms with Crippen molar-refractivity contribution in [2.24, 2.45) is 0 Å². The van der Waals surface area contributed by atoms with E-state index in [1.54, 1.807) is 4.90 Å². The fraction of sp³-hybridized carbons (Fsp3) is 0.522. The molecule has 2 rings (SSSR count). The van der Waals surface area contributed by atoms with Gasteiger partial charge in [0, 0.05) is 45.2 Å². The smallest absolute Gasteiger partial charge is 0.322 e. The second kappa shape index (κ2) is 14.2. The van der Waals surface area contributed by atoms with Crippen molar-refractivity contribution in [3.63, 3.8) is 0 Å². The van der Waals surface area contributed by atoms with Crippen LogP contribution in [0.25, 0.3) is 0 Å². The van der Waals surface area contributed by atoms with Crippen molar-refractivity contribution in [1.82, 2.24) is 15.2 Å². The van der Waals surface area contributed by atoms with Gasteiger partial charge in [-0.15, -0.1) is 0 Å². The number of benzene rings is 1. The Balaban J connectivity index is 1.95. The quantitative estimate of drug-likeness (QED) is 0.430. The number of ether oxygens (including phenoxy) is 2. The SMILES string of the molecule is CCOCCCNC(=O)c1coc(CN(CCCOCC)C(=O)Nc2ccc(C)cc2)n1. The molecule has 0 spiro atoms. The van der Waals surface area contributed by atoms with Gasteiger partial charge in [0.2, 0.25) is 5.89 Å². The molecule has 1 aromatic heterocycles. The maximum atomic E-state index is 12.8. The number of nitrogens with one attached hydrogen (secondary N) is 2. The Morgan fingerprint density at radius 2 is 1.75 bits per heavy atom. The third-order valence-electron chi connectivity index (χ3n) is 4.58. The standard InChI is InChI=1S/C23H34N4O5/c1-4-30-14-6-12-24-22(28)20-17-32-21(26-20)16-27(13-7-15-31-5-2)23(29)25-19-10-8-18(3)9-11-19/h8-11,17H,4-7,12-16H2,1-3H3,(H,24,28)(H,25,29). The number of oxazole rings is 1. The Morgan fingerprint density at radius 1 is 1.06 bits per heavy atom. The zero-order chi connectivity index (χ0) is 23.2. The monoisotopic (exact) mass is 446 g/mol. The second-order valence-electron chi connectivity index (χ2n) is 7.20. The topological polar surface area (TPSA) is 106 Å². The number of aromatic nitrogens is 1. The summed E-state index contributed by atoms with van der Waals surface area (Å²) in [6.07, 6.45) is 2.70. The van der Waals surface area contributed by atoms with E-state index >= 15 is 0 Å². The Kier molecular flexibility index (Phi) is 11.3. The van der Waals surface area contributed by atoms with Crippen LogP contribution in [0.2, 0.25) is 0 Å². The average molecular weight is 447 g/mol. The van der Waals surface area contributed by atoms with E-state index in [9.17, 15) is 9.59 Å². The third-order valence-corrected chi connectivity index (χ3v) is 4.58. The van der Waals surface area contributed by atoms with Gasteiger partial charge in [0.15, 0.2) is 5.69 Å². The van der Waals surface area contributed by atoms with E-state index in [2.05, 4.69) is 15.6 Å². The lowest BCUT2D eigenvalue weighted by Gasteiger charge is -2.21. The number of anilines is 1. The van der Waals surface area contributed by atoms with E-state index < -0.39 is 0 Å². The predicted molar refractivity (Wildman–Crippen MR) is 122 cm³/mol. The number of rotatable bonds is 14. The summed E-state index contributed by atoms with van der Waals surface area (Å²) in [5.74, 6) is -0.0246. The highest BCUT2D eigenvalue weighted by atomic mass is 16.5. The van der Waals surface area contributed by atoms with Gasteiger partial charge in [-0.2, -0.15) is 0 Å². The molecule has 0 aliphatic heterocycles. The molecule has 2 N–H and O–H groups in total. The van der Waals surface area contributed by atoms with Crippen LogP contribution in [-0.4, -0.2) is 61.3 Å². The van der Waals surface area contributed by atoms with Crippen LogP contribution >= 0.6 is 0 Å². The van der Waals surface area contributed by atoms with Gasteiger partial charge in [-0.25, -0.2) is 9.78 Å². The molecular weight excluding hydrogens is 412 g/mol. The Bertz CT molecular complexity index is 822. The lowest BCUT2D eigenvalue weighted by Crippen LogP contribution is -2.36. The van der Waals surface area contributed by atoms with Gasteiger partial charge in [-0.3, -0.25) is 4.79 Å². The van der Waals surface area contributed by atoms with Crippen molar-refractivity contribution in [3.8, 4) is 0 Å². The maximum Gasteiger partial charge on any atom is 0.322 e. The molecule has 0 aliphatic rings. The summed E-state index contributed by atoms with van der Waals surface area (Å²) in [5, 5.41) is 5.67. The molecule has 9 nitrogen and oxygen atoms in total. The molecule has 0 saturated heterocycles. The second-order valence-corrected chi connectivity index (χ2v) is 7.20. The molecule has 9 heteroatoms. The van der Waals surface area contributed by atoms with E-state index in [-0.39, 0.29) is 24.2 Å². The van der Waals surface area contributed by atoms with Gasteiger partial charge in [-0.1, -0.05) is 17.7 Å². The molecular formula is C23H34N4O5. The van der Waals surface area contributed by atoms with Crippen molar-refractivity contribution >= 4 is 17.6 Å². The van der Waals surface area contributed by atoms with Crippen LogP contribution < -0.4 is 10.6 Å². The summed E-state index contributed by atoms with van der Waals surface area (Å²) in [6.45, 7) is 9.34. The lowest BCUT2D eigenvalue weighted by molar-refractivity contribution is 0.0939. The lowest BCUT2D eigenvalue weighted by atomic mass is 10.2. The molecule has 3 amide bonds. The number of nitrogens with zero attached hydrogens (tertiary/aromatic N) is 2. The van der Waals surface area contributed by atoms with Crippen LogP contribution in [0.15, 0.2) is 34.9 Å². The number of aryl methyl sites for hydroxylation is 1. The Hall–Kier alpha value is -2.91. The fourth-order valence-electron chi connectivity index (χ4n) is 2.86. The number of carbonyl (C=O) groups excluding carboxylic acids is 2. The molecule has 0 bridgehead atoms. The summed E-state index contributed by atoms with van der Waals surface area (Å²) in [6, 6.07) is 7.30. The first kappa shape index (κ1) is 25.4. The largest absolute Gasteiger partial charge is 0.446 e. The minimum absolute atomic E-state index is 0.140. The Labute approximate surface area is 189 Å². The highest BCUT2D eigenvalue weighted by molar-refractivity contribution is 5.92. The summed E-state index contributed by atoms with van der Waals surface area (Å²) >= 11 is 0. The van der Waals surface area contributed by atoms with E-state index in [0.717, 1.165) is 12.0 Å². The number of urea groups is 1. The van der Waals surface area contributed by atoms with Crippen LogP contribution in [0.5, 0.6) is 0 Å². The average Bonchev–Trinajstić information content (AvgIpc) is 3.26. The molecule has 0 radical (unpaired) electrons. The minimum Gasteiger partial charge on any atom is -0.446 e. The van der Waals surface area contributed by atoms with Gasteiger partial charge in [0.1, 0.15) is 6.26 Å². The molecule has 0 fully saturated rings. The highest BCUT2D eigenvalue weighted by Crippen LogP contribution is 2.12. The van der Waals surface area contributed by atoms with Crippen LogP contribution in [0.3, 0.4) is 0 Å². The molecule has 32 heavy (non-hydrogen) atoms. The summed E-state index contributed by atoms with van der Waals surface area (Å²) in [7, 11) is 0. The summed E-state index contributed by atoms with van der Waals surface area (Å²) in [5.41, 5.74) is 2.00. The summed E-state index contributed by atoms with van der Waals surface area (Å²) in [4.78, 5) is 30.9. The zero-order valence-corrected chi connectivity index (χ0v) is 19.2. The molecule has 0 saturated carbocycles. The van der Waals surface area contributed by atoms with Gasteiger partial charge in [0.25, 0.3) is 5.91 Å². The van der Waals surface area contributed by atoms with E-state index in [0.29, 0.717) is 57.5 Å². The van der Waals surface area contributed by atoms with Crippen LogP contribution in [0, 0.1) is 6.92 Å². The molecule has 0 aliphatic carbocycles. The van der Waals surface area contributed by atoms with Gasteiger partial charge >= 0.3 is 6.03 Å². The van der Waals surface area contributed by atoms with Crippen LogP contribution in [-0.2, 0) is 16.0 Å². The first-order chi connectivity index (χ1) is 15.5. The van der Waals surface area contributed by atoms with Crippen molar-refractivity contribution in [2.75, 3.05) is 44.8 Å². The number of carbonyl (C=O) groups is 2. The Morgan fingerprint density at radius 3 is 2.44 bits per heavy atom. The predicted octanol–water partition coefficient (Wildman–Crippen LogP) is 3.60. The zero-order valence-electron chi connectivity index (χ0n) is 19.2. The van der Waals surface area contributed by atoms with Gasteiger partial charge < -0.3 is 29.4 Å². The minimum atomic E-state index is -0.316. The van der Waals surface area contributed by atoms with E-state index in [4.69, 9.17) is 13.9 Å². The first-order valence-electron chi connectivity index (χ1n) is 11.0. The molecule has 1 heterocycles. The van der Waals surface area contributed by atoms with Crippen molar-refractivity contribution in [2.45, 2.75) is 40.2 Å².